The summed E-state index contributed by atoms with van der Waals surface area (Å²) in [5.74, 6) is 0. The van der Waals surface area contributed by atoms with E-state index in [1.165, 1.54) is 11.1 Å². The monoisotopic (exact) mass is 201 g/mol. The molecular formula is C12H15N3. The van der Waals surface area contributed by atoms with Crippen molar-refractivity contribution < 1.29 is 0 Å². The van der Waals surface area contributed by atoms with Gasteiger partial charge in [0.15, 0.2) is 0 Å². The van der Waals surface area contributed by atoms with E-state index in [0.717, 1.165) is 17.9 Å². The van der Waals surface area contributed by atoms with E-state index < -0.39 is 0 Å². The largest absolute Gasteiger partial charge is 0.379 e. The summed E-state index contributed by atoms with van der Waals surface area (Å²) in [6.07, 6.45) is 3.52. The number of nitrogens with one attached hydrogen (secondary N) is 2. The fraction of sp³-hybridized carbons (Fsp3) is 0.250. The molecule has 3 heteroatoms. The van der Waals surface area contributed by atoms with Gasteiger partial charge < -0.3 is 10.3 Å². The number of nitrogens with zero attached hydrogens (tertiary/aromatic N) is 1. The van der Waals surface area contributed by atoms with Gasteiger partial charge in [0.1, 0.15) is 0 Å². The van der Waals surface area contributed by atoms with Gasteiger partial charge in [0.25, 0.3) is 0 Å². The molecule has 15 heavy (non-hydrogen) atoms. The van der Waals surface area contributed by atoms with Gasteiger partial charge in [-0.2, -0.15) is 0 Å². The Morgan fingerprint density at radius 2 is 2.13 bits per heavy atom. The van der Waals surface area contributed by atoms with Crippen LogP contribution in [-0.4, -0.2) is 9.97 Å². The first-order chi connectivity index (χ1) is 7.25. The third-order valence-electron chi connectivity index (χ3n) is 2.54. The number of aromatic nitrogens is 2. The standard InChI is InChI=1S/C12H15N3/c1-9-3-4-11(5-10(9)2)14-7-12-6-13-8-15-12/h3-6,8,14H,7H2,1-2H3,(H,13,15). The molecule has 1 aromatic carbocycles. The van der Waals surface area contributed by atoms with E-state index in [0.29, 0.717) is 0 Å². The van der Waals surface area contributed by atoms with Crippen molar-refractivity contribution in [2.75, 3.05) is 5.32 Å². The Labute approximate surface area is 89.6 Å². The molecule has 2 aromatic rings. The van der Waals surface area contributed by atoms with Gasteiger partial charge >= 0.3 is 0 Å². The van der Waals surface area contributed by atoms with Crippen LogP contribution in [0.5, 0.6) is 0 Å². The average Bonchev–Trinajstić information content (AvgIpc) is 2.73. The van der Waals surface area contributed by atoms with Crippen molar-refractivity contribution in [3.05, 3.63) is 47.5 Å². The maximum Gasteiger partial charge on any atom is 0.0922 e. The van der Waals surface area contributed by atoms with Crippen LogP contribution in [0.25, 0.3) is 0 Å². The van der Waals surface area contributed by atoms with Crippen LogP contribution >= 0.6 is 0 Å². The van der Waals surface area contributed by atoms with Gasteiger partial charge in [0.05, 0.1) is 18.6 Å². The second kappa shape index (κ2) is 4.17. The van der Waals surface area contributed by atoms with Gasteiger partial charge in [-0.3, -0.25) is 0 Å². The van der Waals surface area contributed by atoms with Gasteiger partial charge in [-0.1, -0.05) is 6.07 Å². The molecule has 0 aliphatic rings. The zero-order chi connectivity index (χ0) is 10.7. The lowest BCUT2D eigenvalue weighted by Crippen LogP contribution is -1.99. The maximum absolute atomic E-state index is 3.97. The van der Waals surface area contributed by atoms with Crippen LogP contribution in [0.3, 0.4) is 0 Å². The number of imidazole rings is 1. The minimum atomic E-state index is 0.780. The molecule has 0 radical (unpaired) electrons. The van der Waals surface area contributed by atoms with E-state index >= 15 is 0 Å². The summed E-state index contributed by atoms with van der Waals surface area (Å²) in [5, 5.41) is 3.34. The molecule has 2 rings (SSSR count). The van der Waals surface area contributed by atoms with E-state index in [4.69, 9.17) is 0 Å². The number of aryl methyl sites for hydroxylation is 2. The first-order valence-corrected chi connectivity index (χ1v) is 5.04. The lowest BCUT2D eigenvalue weighted by atomic mass is 10.1. The van der Waals surface area contributed by atoms with Crippen LogP contribution < -0.4 is 5.32 Å². The Balaban J connectivity index is 2.02. The van der Waals surface area contributed by atoms with E-state index in [-0.39, 0.29) is 0 Å². The molecule has 0 saturated heterocycles. The van der Waals surface area contributed by atoms with Gasteiger partial charge in [-0.05, 0) is 37.1 Å². The normalized spacial score (nSPS) is 10.3. The molecule has 0 fully saturated rings. The van der Waals surface area contributed by atoms with E-state index in [1.54, 1.807) is 6.33 Å². The summed E-state index contributed by atoms with van der Waals surface area (Å²) in [4.78, 5) is 7.03. The average molecular weight is 201 g/mol. The molecule has 78 valence electrons. The van der Waals surface area contributed by atoms with Crippen molar-refractivity contribution in [1.82, 2.24) is 9.97 Å². The highest BCUT2D eigenvalue weighted by Gasteiger charge is 1.97. The summed E-state index contributed by atoms with van der Waals surface area (Å²) in [7, 11) is 0. The van der Waals surface area contributed by atoms with Crippen molar-refractivity contribution in [3.8, 4) is 0 Å². The van der Waals surface area contributed by atoms with E-state index in [1.807, 2.05) is 6.20 Å². The molecule has 2 N–H and O–H groups in total. The maximum atomic E-state index is 3.97. The number of anilines is 1. The third-order valence-corrected chi connectivity index (χ3v) is 2.54. The Morgan fingerprint density at radius 3 is 2.80 bits per heavy atom. The minimum Gasteiger partial charge on any atom is -0.379 e. The molecule has 1 aromatic heterocycles. The van der Waals surface area contributed by atoms with Crippen molar-refractivity contribution in [1.29, 1.82) is 0 Å². The quantitative estimate of drug-likeness (QED) is 0.801. The predicted molar refractivity (Wildman–Crippen MR) is 61.8 cm³/mol. The first kappa shape index (κ1) is 9.77. The summed E-state index contributed by atoms with van der Waals surface area (Å²) >= 11 is 0. The number of benzene rings is 1. The van der Waals surface area contributed by atoms with Crippen LogP contribution in [0.4, 0.5) is 5.69 Å². The summed E-state index contributed by atoms with van der Waals surface area (Å²) < 4.78 is 0. The van der Waals surface area contributed by atoms with E-state index in [2.05, 4.69) is 47.3 Å². The smallest absolute Gasteiger partial charge is 0.0922 e. The molecule has 0 aliphatic heterocycles. The molecule has 3 nitrogen and oxygen atoms in total. The van der Waals surface area contributed by atoms with Gasteiger partial charge in [-0.15, -0.1) is 0 Å². The third kappa shape index (κ3) is 2.37. The molecule has 0 spiro atoms. The Morgan fingerprint density at radius 1 is 1.27 bits per heavy atom. The summed E-state index contributed by atoms with van der Waals surface area (Å²) in [5.41, 5.74) is 4.87. The predicted octanol–water partition coefficient (Wildman–Crippen LogP) is 2.64. The molecule has 0 saturated carbocycles. The summed E-state index contributed by atoms with van der Waals surface area (Å²) in [6.45, 7) is 5.02. The van der Waals surface area contributed by atoms with Crippen LogP contribution in [-0.2, 0) is 6.54 Å². The lowest BCUT2D eigenvalue weighted by Gasteiger charge is -2.07. The first-order valence-electron chi connectivity index (χ1n) is 5.04. The van der Waals surface area contributed by atoms with Crippen LogP contribution in [0, 0.1) is 13.8 Å². The molecule has 0 aliphatic carbocycles. The Kier molecular flexibility index (Phi) is 2.72. The molecule has 0 atom stereocenters. The number of hydrogen-bond acceptors (Lipinski definition) is 2. The zero-order valence-electron chi connectivity index (χ0n) is 9.04. The number of hydrogen-bond donors (Lipinski definition) is 2. The van der Waals surface area contributed by atoms with Crippen molar-refractivity contribution in [2.45, 2.75) is 20.4 Å². The van der Waals surface area contributed by atoms with Gasteiger partial charge in [0, 0.05) is 11.9 Å². The van der Waals surface area contributed by atoms with Crippen molar-refractivity contribution >= 4 is 5.69 Å². The fourth-order valence-electron chi connectivity index (χ4n) is 1.43. The SMILES string of the molecule is Cc1ccc(NCc2cnc[nH]2)cc1C. The van der Waals surface area contributed by atoms with E-state index in [9.17, 15) is 0 Å². The highest BCUT2D eigenvalue weighted by molar-refractivity contribution is 5.48. The summed E-state index contributed by atoms with van der Waals surface area (Å²) in [6, 6.07) is 6.38. The lowest BCUT2D eigenvalue weighted by molar-refractivity contribution is 1.07. The molecular weight excluding hydrogens is 186 g/mol. The van der Waals surface area contributed by atoms with Crippen LogP contribution in [0.2, 0.25) is 0 Å². The topological polar surface area (TPSA) is 40.7 Å². The second-order valence-corrected chi connectivity index (χ2v) is 3.73. The minimum absolute atomic E-state index is 0.780. The molecule has 1 heterocycles. The van der Waals surface area contributed by atoms with Crippen LogP contribution in [0.15, 0.2) is 30.7 Å². The fourth-order valence-corrected chi connectivity index (χ4v) is 1.43. The highest BCUT2D eigenvalue weighted by atomic mass is 14.9. The number of H-pyrrole nitrogens is 1. The molecule has 0 unspecified atom stereocenters. The molecule has 0 bridgehead atoms. The second-order valence-electron chi connectivity index (χ2n) is 3.73. The number of rotatable bonds is 3. The highest BCUT2D eigenvalue weighted by Crippen LogP contribution is 2.14. The van der Waals surface area contributed by atoms with Gasteiger partial charge in [0.2, 0.25) is 0 Å². The zero-order valence-corrected chi connectivity index (χ0v) is 9.04. The Hall–Kier alpha value is -1.77. The number of aromatic amines is 1. The van der Waals surface area contributed by atoms with Crippen molar-refractivity contribution in [2.24, 2.45) is 0 Å². The van der Waals surface area contributed by atoms with Crippen LogP contribution in [0.1, 0.15) is 16.8 Å². The van der Waals surface area contributed by atoms with Gasteiger partial charge in [-0.25, -0.2) is 4.98 Å². The Bertz CT molecular complexity index is 432. The van der Waals surface area contributed by atoms with Crippen molar-refractivity contribution in [3.63, 3.8) is 0 Å². The molecule has 0 amide bonds.